The van der Waals surface area contributed by atoms with Gasteiger partial charge in [-0.25, -0.2) is 0 Å². The minimum absolute atomic E-state index is 0.0672. The average Bonchev–Trinajstić information content (AvgIpc) is 3.26. The first-order valence-corrected chi connectivity index (χ1v) is 7.18. The minimum Gasteiger partial charge on any atom is -0.479 e. The molecule has 1 fully saturated rings. The van der Waals surface area contributed by atoms with E-state index in [4.69, 9.17) is 16.3 Å². The molecule has 1 aromatic carbocycles. The Balaban J connectivity index is 1.97. The topological polar surface area (TPSA) is 58.6 Å². The monoisotopic (exact) mass is 297 g/mol. The van der Waals surface area contributed by atoms with Crippen molar-refractivity contribution in [3.8, 4) is 5.75 Å². The molecule has 110 valence electrons. The summed E-state index contributed by atoms with van der Waals surface area (Å²) in [7, 11) is 0. The maximum atomic E-state index is 12.2. The first-order valence-electron chi connectivity index (χ1n) is 6.80. The van der Waals surface area contributed by atoms with E-state index in [1.165, 1.54) is 0 Å². The molecule has 2 rings (SSSR count). The highest BCUT2D eigenvalue weighted by Crippen LogP contribution is 2.39. The van der Waals surface area contributed by atoms with Crippen molar-refractivity contribution in [2.75, 3.05) is 6.61 Å². The van der Waals surface area contributed by atoms with Gasteiger partial charge in [-0.1, -0.05) is 23.7 Å². The Labute approximate surface area is 124 Å². The third kappa shape index (κ3) is 3.44. The van der Waals surface area contributed by atoms with Gasteiger partial charge in [-0.2, -0.15) is 0 Å². The molecular weight excluding hydrogens is 278 g/mol. The van der Waals surface area contributed by atoms with Gasteiger partial charge in [0.15, 0.2) is 6.10 Å². The molecule has 5 heteroatoms. The van der Waals surface area contributed by atoms with Crippen LogP contribution in [0.15, 0.2) is 24.3 Å². The molecule has 2 unspecified atom stereocenters. The van der Waals surface area contributed by atoms with E-state index in [1.807, 2.05) is 6.92 Å². The van der Waals surface area contributed by atoms with E-state index in [2.05, 4.69) is 5.32 Å². The third-order valence-corrected chi connectivity index (χ3v) is 4.04. The minimum atomic E-state index is -0.667. The van der Waals surface area contributed by atoms with E-state index in [0.29, 0.717) is 16.7 Å². The molecule has 2 N–H and O–H groups in total. The predicted molar refractivity (Wildman–Crippen MR) is 77.9 cm³/mol. The van der Waals surface area contributed by atoms with Crippen molar-refractivity contribution in [1.82, 2.24) is 5.32 Å². The zero-order valence-electron chi connectivity index (χ0n) is 11.7. The number of rotatable bonds is 6. The van der Waals surface area contributed by atoms with Gasteiger partial charge in [0.05, 0.1) is 17.2 Å². The molecule has 4 nitrogen and oxygen atoms in total. The second kappa shape index (κ2) is 6.02. The Morgan fingerprint density at radius 2 is 2.20 bits per heavy atom. The molecule has 0 aromatic heterocycles. The summed E-state index contributed by atoms with van der Waals surface area (Å²) in [6, 6.07) is 7.03. The first kappa shape index (κ1) is 15.1. The van der Waals surface area contributed by atoms with E-state index in [9.17, 15) is 9.90 Å². The van der Waals surface area contributed by atoms with E-state index >= 15 is 0 Å². The summed E-state index contributed by atoms with van der Waals surface area (Å²) in [6.07, 6.45) is 1.41. The lowest BCUT2D eigenvalue weighted by Crippen LogP contribution is -2.54. The predicted octanol–water partition coefficient (Wildman–Crippen LogP) is 2.38. The maximum Gasteiger partial charge on any atom is 0.261 e. The van der Waals surface area contributed by atoms with Crippen LogP contribution in [0.1, 0.15) is 26.7 Å². The van der Waals surface area contributed by atoms with Crippen LogP contribution < -0.4 is 10.1 Å². The van der Waals surface area contributed by atoms with Crippen LogP contribution in [0.25, 0.3) is 0 Å². The molecule has 2 atom stereocenters. The van der Waals surface area contributed by atoms with Crippen LogP contribution >= 0.6 is 11.6 Å². The number of aliphatic hydroxyl groups is 1. The Hall–Kier alpha value is -1.26. The lowest BCUT2D eigenvalue weighted by atomic mass is 9.96. The van der Waals surface area contributed by atoms with Crippen LogP contribution in [0, 0.1) is 5.92 Å². The number of hydrogen-bond donors (Lipinski definition) is 2. The van der Waals surface area contributed by atoms with Gasteiger partial charge >= 0.3 is 0 Å². The molecule has 0 radical (unpaired) electrons. The van der Waals surface area contributed by atoms with E-state index in [-0.39, 0.29) is 12.5 Å². The highest BCUT2D eigenvalue weighted by molar-refractivity contribution is 6.32. The molecule has 0 bridgehead atoms. The van der Waals surface area contributed by atoms with Gasteiger partial charge in [0.25, 0.3) is 5.91 Å². The molecule has 1 amide bonds. The smallest absolute Gasteiger partial charge is 0.261 e. The second-order valence-corrected chi connectivity index (χ2v) is 5.94. The fourth-order valence-corrected chi connectivity index (χ4v) is 2.34. The van der Waals surface area contributed by atoms with Crippen molar-refractivity contribution >= 4 is 17.5 Å². The molecule has 1 aromatic rings. The van der Waals surface area contributed by atoms with Crippen molar-refractivity contribution in [1.29, 1.82) is 0 Å². The summed E-state index contributed by atoms with van der Waals surface area (Å²) < 4.78 is 5.57. The van der Waals surface area contributed by atoms with E-state index in [0.717, 1.165) is 12.8 Å². The molecule has 1 aliphatic carbocycles. The normalized spacial score (nSPS) is 19.0. The number of aliphatic hydroxyl groups excluding tert-OH is 1. The fraction of sp³-hybridized carbons (Fsp3) is 0.533. The molecule has 1 saturated carbocycles. The van der Waals surface area contributed by atoms with Crippen molar-refractivity contribution in [2.24, 2.45) is 5.92 Å². The van der Waals surface area contributed by atoms with Crippen LogP contribution in [0.4, 0.5) is 0 Å². The van der Waals surface area contributed by atoms with Crippen molar-refractivity contribution < 1.29 is 14.6 Å². The van der Waals surface area contributed by atoms with Gasteiger partial charge in [-0.05, 0) is 44.7 Å². The summed E-state index contributed by atoms with van der Waals surface area (Å²) in [5.74, 6) is 0.589. The van der Waals surface area contributed by atoms with Gasteiger partial charge < -0.3 is 15.2 Å². The summed E-state index contributed by atoms with van der Waals surface area (Å²) in [5, 5.41) is 12.8. The Bertz CT molecular complexity index is 490. The quantitative estimate of drug-likeness (QED) is 0.847. The molecule has 0 aliphatic heterocycles. The van der Waals surface area contributed by atoms with Crippen LogP contribution in [0.2, 0.25) is 5.02 Å². The van der Waals surface area contributed by atoms with Crippen molar-refractivity contribution in [2.45, 2.75) is 38.3 Å². The number of hydrogen-bond acceptors (Lipinski definition) is 3. The summed E-state index contributed by atoms with van der Waals surface area (Å²) in [6.45, 7) is 3.47. The van der Waals surface area contributed by atoms with Crippen LogP contribution in [-0.2, 0) is 4.79 Å². The largest absolute Gasteiger partial charge is 0.479 e. The number of carbonyl (C=O) groups excluding carboxylic acids is 1. The Kier molecular flexibility index (Phi) is 4.55. The number of para-hydroxylation sites is 1. The molecule has 20 heavy (non-hydrogen) atoms. The highest BCUT2D eigenvalue weighted by atomic mass is 35.5. The van der Waals surface area contributed by atoms with Crippen LogP contribution in [-0.4, -0.2) is 29.3 Å². The first-order chi connectivity index (χ1) is 9.46. The van der Waals surface area contributed by atoms with Crippen molar-refractivity contribution in [3.05, 3.63) is 29.3 Å². The molecule has 1 aliphatic rings. The number of halogens is 1. The third-order valence-electron chi connectivity index (χ3n) is 3.73. The number of carbonyl (C=O) groups is 1. The molecular formula is C15H20ClNO3. The zero-order valence-corrected chi connectivity index (χ0v) is 12.5. The average molecular weight is 298 g/mol. The zero-order chi connectivity index (χ0) is 14.8. The molecule has 0 saturated heterocycles. The van der Waals surface area contributed by atoms with E-state index in [1.54, 1.807) is 31.2 Å². The van der Waals surface area contributed by atoms with Gasteiger partial charge in [0.2, 0.25) is 0 Å². The highest BCUT2D eigenvalue weighted by Gasteiger charge is 2.42. The van der Waals surface area contributed by atoms with Gasteiger partial charge in [-0.3, -0.25) is 4.79 Å². The number of ether oxygens (including phenoxy) is 1. The summed E-state index contributed by atoms with van der Waals surface area (Å²) in [5.41, 5.74) is -0.560. The number of nitrogens with one attached hydrogen (secondary N) is 1. The summed E-state index contributed by atoms with van der Waals surface area (Å²) in [4.78, 5) is 12.2. The SMILES string of the molecule is CC(Oc1ccccc1Cl)C(=O)NC(C)(CO)C1CC1. The van der Waals surface area contributed by atoms with Crippen molar-refractivity contribution in [3.63, 3.8) is 0 Å². The lowest BCUT2D eigenvalue weighted by Gasteiger charge is -2.30. The molecule has 0 heterocycles. The Morgan fingerprint density at radius 1 is 1.55 bits per heavy atom. The summed E-state index contributed by atoms with van der Waals surface area (Å²) >= 11 is 6.00. The second-order valence-electron chi connectivity index (χ2n) is 5.53. The lowest BCUT2D eigenvalue weighted by molar-refractivity contribution is -0.130. The molecule has 0 spiro atoms. The van der Waals surface area contributed by atoms with Gasteiger partial charge in [-0.15, -0.1) is 0 Å². The standard InChI is InChI=1S/C15H20ClNO3/c1-10(20-13-6-4-3-5-12(13)16)14(19)17-15(2,9-18)11-7-8-11/h3-6,10-11,18H,7-9H2,1-2H3,(H,17,19). The van der Waals surface area contributed by atoms with Gasteiger partial charge in [0, 0.05) is 0 Å². The number of benzene rings is 1. The van der Waals surface area contributed by atoms with E-state index < -0.39 is 11.6 Å². The van der Waals surface area contributed by atoms with Crippen LogP contribution in [0.3, 0.4) is 0 Å². The maximum absolute atomic E-state index is 12.2. The van der Waals surface area contributed by atoms with Crippen LogP contribution in [0.5, 0.6) is 5.75 Å². The fourth-order valence-electron chi connectivity index (χ4n) is 2.16. The number of amides is 1. The Morgan fingerprint density at radius 3 is 2.75 bits per heavy atom. The van der Waals surface area contributed by atoms with Gasteiger partial charge in [0.1, 0.15) is 5.75 Å².